The highest BCUT2D eigenvalue weighted by Crippen LogP contribution is 2.29. The van der Waals surface area contributed by atoms with E-state index in [2.05, 4.69) is 10.6 Å². The summed E-state index contributed by atoms with van der Waals surface area (Å²) in [5.74, 6) is -3.28. The van der Waals surface area contributed by atoms with Gasteiger partial charge in [-0.25, -0.2) is 8.78 Å². The number of alkyl halides is 2. The molecular weight excluding hydrogens is 232 g/mol. The first-order chi connectivity index (χ1) is 8.04. The number of rotatable bonds is 2. The highest BCUT2D eigenvalue weighted by atomic mass is 19.3. The molecule has 0 radical (unpaired) electrons. The first-order valence-electron chi connectivity index (χ1n) is 5.71. The Balaban J connectivity index is 1.97. The molecule has 1 amide bonds. The summed E-state index contributed by atoms with van der Waals surface area (Å²) in [4.78, 5) is 13.1. The first kappa shape index (κ1) is 12.7. The molecule has 1 atom stereocenters. The average Bonchev–Trinajstić information content (AvgIpc) is 2.80. The molecule has 2 N–H and O–H groups in total. The van der Waals surface area contributed by atoms with E-state index in [1.54, 1.807) is 0 Å². The van der Waals surface area contributed by atoms with Crippen LogP contribution in [0.5, 0.6) is 0 Å². The minimum absolute atomic E-state index is 0.169. The Morgan fingerprint density at radius 1 is 1.41 bits per heavy atom. The lowest BCUT2D eigenvalue weighted by Gasteiger charge is -2.38. The molecule has 98 valence electrons. The monoisotopic (exact) mass is 249 g/mol. The van der Waals surface area contributed by atoms with Crippen LogP contribution in [-0.4, -0.2) is 62.3 Å². The average molecular weight is 249 g/mol. The Kier molecular flexibility index (Phi) is 3.60. The molecule has 0 bridgehead atoms. The van der Waals surface area contributed by atoms with Gasteiger partial charge < -0.3 is 9.64 Å². The number of halogens is 2. The third kappa shape index (κ3) is 2.56. The molecular formula is C10H17F2N3O2. The van der Waals surface area contributed by atoms with Crippen LogP contribution >= 0.6 is 0 Å². The van der Waals surface area contributed by atoms with Crippen molar-refractivity contribution in [2.24, 2.45) is 0 Å². The number of carbonyl (C=O) groups excluding carboxylic acids is 1. The maximum atomic E-state index is 13.6. The van der Waals surface area contributed by atoms with Gasteiger partial charge in [-0.1, -0.05) is 0 Å². The zero-order valence-electron chi connectivity index (χ0n) is 9.71. The fourth-order valence-corrected chi connectivity index (χ4v) is 2.26. The molecule has 2 rings (SSSR count). The number of likely N-dealkylation sites (tertiary alicyclic amines) is 1. The molecule has 2 fully saturated rings. The standard InChI is InChI=1S/C10H17F2N3O2/c1-17-7-2-5-15(6-10(7,11)12)9(16)8-13-3-4-14-8/h7-8,13-14H,2-6H2,1H3. The zero-order chi connectivity index (χ0) is 12.5. The minimum Gasteiger partial charge on any atom is -0.375 e. The molecule has 17 heavy (non-hydrogen) atoms. The van der Waals surface area contributed by atoms with Gasteiger partial charge in [0.1, 0.15) is 12.3 Å². The van der Waals surface area contributed by atoms with Gasteiger partial charge in [0, 0.05) is 26.7 Å². The van der Waals surface area contributed by atoms with E-state index in [1.807, 2.05) is 0 Å². The largest absolute Gasteiger partial charge is 0.375 e. The number of nitrogens with one attached hydrogen (secondary N) is 2. The lowest BCUT2D eigenvalue weighted by atomic mass is 10.0. The molecule has 7 heteroatoms. The van der Waals surface area contributed by atoms with Crippen molar-refractivity contribution in [1.29, 1.82) is 0 Å². The van der Waals surface area contributed by atoms with E-state index in [0.717, 1.165) is 0 Å². The number of amides is 1. The van der Waals surface area contributed by atoms with Gasteiger partial charge in [0.2, 0.25) is 0 Å². The molecule has 2 aliphatic rings. The quantitative estimate of drug-likeness (QED) is 0.685. The summed E-state index contributed by atoms with van der Waals surface area (Å²) in [6.07, 6.45) is -1.44. The second-order valence-corrected chi connectivity index (χ2v) is 4.38. The molecule has 2 aliphatic heterocycles. The van der Waals surface area contributed by atoms with Crippen molar-refractivity contribution in [3.05, 3.63) is 0 Å². The van der Waals surface area contributed by atoms with Crippen molar-refractivity contribution in [2.75, 3.05) is 33.3 Å². The molecule has 0 aromatic heterocycles. The number of ether oxygens (including phenoxy) is 1. The van der Waals surface area contributed by atoms with Gasteiger partial charge in [0.05, 0.1) is 6.54 Å². The third-order valence-electron chi connectivity index (χ3n) is 3.20. The number of piperidine rings is 1. The van der Waals surface area contributed by atoms with Gasteiger partial charge >= 0.3 is 0 Å². The van der Waals surface area contributed by atoms with E-state index in [-0.39, 0.29) is 12.3 Å². The molecule has 2 saturated heterocycles. The smallest absolute Gasteiger partial charge is 0.290 e. The number of hydrogen-bond donors (Lipinski definition) is 2. The van der Waals surface area contributed by atoms with Crippen LogP contribution in [0.2, 0.25) is 0 Å². The second-order valence-electron chi connectivity index (χ2n) is 4.38. The highest BCUT2D eigenvalue weighted by Gasteiger charge is 2.47. The normalized spacial score (nSPS) is 29.6. The second kappa shape index (κ2) is 4.83. The van der Waals surface area contributed by atoms with Crippen molar-refractivity contribution in [3.63, 3.8) is 0 Å². The van der Waals surface area contributed by atoms with Crippen LogP contribution in [-0.2, 0) is 9.53 Å². The van der Waals surface area contributed by atoms with Crippen LogP contribution in [0, 0.1) is 0 Å². The van der Waals surface area contributed by atoms with E-state index in [0.29, 0.717) is 19.6 Å². The number of methoxy groups -OCH3 is 1. The summed E-state index contributed by atoms with van der Waals surface area (Å²) in [5.41, 5.74) is 0. The van der Waals surface area contributed by atoms with Gasteiger partial charge in [-0.15, -0.1) is 0 Å². The van der Waals surface area contributed by atoms with Gasteiger partial charge in [0.15, 0.2) is 0 Å². The number of hydrogen-bond acceptors (Lipinski definition) is 4. The number of carbonyl (C=O) groups is 1. The van der Waals surface area contributed by atoms with E-state index >= 15 is 0 Å². The van der Waals surface area contributed by atoms with Gasteiger partial charge in [-0.2, -0.15) is 0 Å². The topological polar surface area (TPSA) is 53.6 Å². The van der Waals surface area contributed by atoms with Crippen LogP contribution < -0.4 is 10.6 Å². The molecule has 1 unspecified atom stereocenters. The van der Waals surface area contributed by atoms with Crippen molar-refractivity contribution in [2.45, 2.75) is 24.6 Å². The van der Waals surface area contributed by atoms with Crippen LogP contribution in [0.25, 0.3) is 0 Å². The predicted molar refractivity (Wildman–Crippen MR) is 56.7 cm³/mol. The van der Waals surface area contributed by atoms with E-state index < -0.39 is 24.7 Å². The van der Waals surface area contributed by atoms with Crippen molar-refractivity contribution in [1.82, 2.24) is 15.5 Å². The van der Waals surface area contributed by atoms with Gasteiger partial charge in [-0.05, 0) is 6.42 Å². The highest BCUT2D eigenvalue weighted by molar-refractivity contribution is 5.82. The molecule has 5 nitrogen and oxygen atoms in total. The summed E-state index contributed by atoms with van der Waals surface area (Å²) in [5, 5.41) is 5.86. The zero-order valence-corrected chi connectivity index (χ0v) is 9.71. The van der Waals surface area contributed by atoms with Crippen molar-refractivity contribution < 1.29 is 18.3 Å². The summed E-state index contributed by atoms with van der Waals surface area (Å²) in [6, 6.07) is 0. The number of nitrogens with zero attached hydrogens (tertiary/aromatic N) is 1. The van der Waals surface area contributed by atoms with Crippen LogP contribution in [0.4, 0.5) is 8.78 Å². The van der Waals surface area contributed by atoms with Crippen molar-refractivity contribution in [3.8, 4) is 0 Å². The molecule has 2 heterocycles. The maximum Gasteiger partial charge on any atom is 0.290 e. The van der Waals surface area contributed by atoms with Gasteiger partial charge in [0.25, 0.3) is 11.8 Å². The van der Waals surface area contributed by atoms with E-state index in [4.69, 9.17) is 4.74 Å². The third-order valence-corrected chi connectivity index (χ3v) is 3.20. The summed E-state index contributed by atoms with van der Waals surface area (Å²) < 4.78 is 32.0. The fraction of sp³-hybridized carbons (Fsp3) is 0.900. The lowest BCUT2D eigenvalue weighted by molar-refractivity contribution is -0.173. The maximum absolute atomic E-state index is 13.6. The molecule has 0 aliphatic carbocycles. The molecule has 0 aromatic carbocycles. The van der Waals surface area contributed by atoms with Crippen LogP contribution in [0.15, 0.2) is 0 Å². The summed E-state index contributed by atoms with van der Waals surface area (Å²) in [7, 11) is 1.27. The predicted octanol–water partition coefficient (Wildman–Crippen LogP) is -0.612. The lowest BCUT2D eigenvalue weighted by Crippen LogP contribution is -2.58. The SMILES string of the molecule is COC1CCN(C(=O)C2NCCN2)CC1(F)F. The molecule has 0 spiro atoms. The summed E-state index contributed by atoms with van der Waals surface area (Å²) in [6.45, 7) is 1.11. The summed E-state index contributed by atoms with van der Waals surface area (Å²) >= 11 is 0. The van der Waals surface area contributed by atoms with Gasteiger partial charge in [-0.3, -0.25) is 15.4 Å². The Hall–Kier alpha value is -0.790. The fourth-order valence-electron chi connectivity index (χ4n) is 2.26. The molecule has 0 aromatic rings. The van der Waals surface area contributed by atoms with Crippen LogP contribution in [0.3, 0.4) is 0 Å². The first-order valence-corrected chi connectivity index (χ1v) is 5.71. The van der Waals surface area contributed by atoms with Crippen LogP contribution in [0.1, 0.15) is 6.42 Å². The van der Waals surface area contributed by atoms with Crippen molar-refractivity contribution >= 4 is 5.91 Å². The Labute approximate surface area is 98.5 Å². The minimum atomic E-state index is -2.97. The Bertz CT molecular complexity index is 295. The molecule has 0 saturated carbocycles. The Morgan fingerprint density at radius 2 is 2.06 bits per heavy atom. The van der Waals surface area contributed by atoms with E-state index in [9.17, 15) is 13.6 Å². The van der Waals surface area contributed by atoms with E-state index in [1.165, 1.54) is 12.0 Å². The Morgan fingerprint density at radius 3 is 2.59 bits per heavy atom.